The molecule has 2 heterocycles. The number of benzene rings is 1. The summed E-state index contributed by atoms with van der Waals surface area (Å²) in [6.07, 6.45) is 4.26. The molecule has 2 aliphatic rings. The second-order valence-electron chi connectivity index (χ2n) is 5.81. The second kappa shape index (κ2) is 5.76. The van der Waals surface area contributed by atoms with Crippen LogP contribution in [0.25, 0.3) is 0 Å². The third kappa shape index (κ3) is 2.86. The van der Waals surface area contributed by atoms with E-state index in [0.29, 0.717) is 12.1 Å². The van der Waals surface area contributed by atoms with Gasteiger partial charge in [-0.25, -0.2) is 0 Å². The topological polar surface area (TPSA) is 66.6 Å². The zero-order chi connectivity index (χ0) is 14.8. The standard InChI is InChI=1S/C16H21N3O2/c17-13-6-7-14-12(10-13)4-3-5-15(20)19(14)11-16(21)18-8-1-2-9-18/h6-7,10H,1-5,8-9,11,17H2. The molecule has 0 aromatic heterocycles. The number of nitrogens with two attached hydrogens (primary N) is 1. The van der Waals surface area contributed by atoms with Crippen molar-refractivity contribution in [1.29, 1.82) is 0 Å². The number of hydrogen-bond donors (Lipinski definition) is 1. The molecule has 0 bridgehead atoms. The van der Waals surface area contributed by atoms with Gasteiger partial charge in [-0.05, 0) is 49.4 Å². The number of anilines is 2. The third-order valence-electron chi connectivity index (χ3n) is 4.28. The molecule has 0 unspecified atom stereocenters. The number of fused-ring (bicyclic) bond motifs is 1. The zero-order valence-electron chi connectivity index (χ0n) is 12.2. The van der Waals surface area contributed by atoms with E-state index in [-0.39, 0.29) is 18.4 Å². The third-order valence-corrected chi connectivity index (χ3v) is 4.28. The SMILES string of the molecule is Nc1ccc2c(c1)CCCC(=O)N2CC(=O)N1CCCC1. The molecule has 3 rings (SSSR count). The molecule has 112 valence electrons. The van der Waals surface area contributed by atoms with Crippen molar-refractivity contribution in [1.82, 2.24) is 4.90 Å². The molecule has 0 atom stereocenters. The summed E-state index contributed by atoms with van der Waals surface area (Å²) in [6, 6.07) is 5.58. The van der Waals surface area contributed by atoms with Crippen LogP contribution in [0.4, 0.5) is 11.4 Å². The monoisotopic (exact) mass is 287 g/mol. The predicted molar refractivity (Wildman–Crippen MR) is 82.0 cm³/mol. The molecule has 21 heavy (non-hydrogen) atoms. The maximum absolute atomic E-state index is 12.4. The Kier molecular flexibility index (Phi) is 3.82. The lowest BCUT2D eigenvalue weighted by Gasteiger charge is -2.25. The summed E-state index contributed by atoms with van der Waals surface area (Å²) in [6.45, 7) is 1.78. The van der Waals surface area contributed by atoms with Crippen LogP contribution in [0.3, 0.4) is 0 Å². The highest BCUT2D eigenvalue weighted by atomic mass is 16.2. The number of aryl methyl sites for hydroxylation is 1. The summed E-state index contributed by atoms with van der Waals surface area (Å²) in [5.41, 5.74) is 8.45. The molecule has 2 aliphatic heterocycles. The fourth-order valence-corrected chi connectivity index (χ4v) is 3.14. The Labute approximate surface area is 124 Å². The van der Waals surface area contributed by atoms with Crippen LogP contribution in [0.1, 0.15) is 31.2 Å². The lowest BCUT2D eigenvalue weighted by Crippen LogP contribution is -2.41. The lowest BCUT2D eigenvalue weighted by molar-refractivity contribution is -0.130. The van der Waals surface area contributed by atoms with E-state index in [2.05, 4.69) is 0 Å². The number of hydrogen-bond acceptors (Lipinski definition) is 3. The molecular weight excluding hydrogens is 266 g/mol. The van der Waals surface area contributed by atoms with Gasteiger partial charge in [0.15, 0.2) is 0 Å². The highest BCUT2D eigenvalue weighted by Crippen LogP contribution is 2.29. The molecule has 5 nitrogen and oxygen atoms in total. The van der Waals surface area contributed by atoms with Crippen molar-refractivity contribution in [2.24, 2.45) is 0 Å². The van der Waals surface area contributed by atoms with Crippen molar-refractivity contribution in [3.8, 4) is 0 Å². The van der Waals surface area contributed by atoms with Crippen molar-refractivity contribution in [2.75, 3.05) is 30.3 Å². The van der Waals surface area contributed by atoms with Gasteiger partial charge in [-0.3, -0.25) is 9.59 Å². The van der Waals surface area contributed by atoms with E-state index < -0.39 is 0 Å². The highest BCUT2D eigenvalue weighted by molar-refractivity contribution is 6.00. The summed E-state index contributed by atoms with van der Waals surface area (Å²) in [4.78, 5) is 28.2. The first kappa shape index (κ1) is 13.9. The number of carbonyl (C=O) groups is 2. The van der Waals surface area contributed by atoms with Crippen LogP contribution in [0.15, 0.2) is 18.2 Å². The molecule has 1 fully saturated rings. The Morgan fingerprint density at radius 1 is 1.14 bits per heavy atom. The van der Waals surface area contributed by atoms with Crippen LogP contribution >= 0.6 is 0 Å². The van der Waals surface area contributed by atoms with Crippen molar-refractivity contribution in [2.45, 2.75) is 32.1 Å². The maximum Gasteiger partial charge on any atom is 0.242 e. The van der Waals surface area contributed by atoms with Gasteiger partial charge in [0, 0.05) is 30.9 Å². The molecule has 0 aliphatic carbocycles. The average molecular weight is 287 g/mol. The van der Waals surface area contributed by atoms with Crippen LogP contribution < -0.4 is 10.6 Å². The Balaban J connectivity index is 1.85. The average Bonchev–Trinajstić information content (AvgIpc) is 2.95. The normalized spacial score (nSPS) is 18.6. The Morgan fingerprint density at radius 2 is 1.90 bits per heavy atom. The van der Waals surface area contributed by atoms with Gasteiger partial charge in [-0.1, -0.05) is 0 Å². The van der Waals surface area contributed by atoms with Gasteiger partial charge in [-0.2, -0.15) is 0 Å². The van der Waals surface area contributed by atoms with E-state index in [9.17, 15) is 9.59 Å². The summed E-state index contributed by atoms with van der Waals surface area (Å²) in [5.74, 6) is 0.0802. The summed E-state index contributed by atoms with van der Waals surface area (Å²) >= 11 is 0. The van der Waals surface area contributed by atoms with E-state index in [1.165, 1.54) is 0 Å². The van der Waals surface area contributed by atoms with E-state index in [1.54, 1.807) is 11.0 Å². The van der Waals surface area contributed by atoms with Gasteiger partial charge >= 0.3 is 0 Å². The summed E-state index contributed by atoms with van der Waals surface area (Å²) in [7, 11) is 0. The molecule has 2 N–H and O–H groups in total. The van der Waals surface area contributed by atoms with Crippen LogP contribution in [0.2, 0.25) is 0 Å². The van der Waals surface area contributed by atoms with E-state index >= 15 is 0 Å². The molecule has 0 radical (unpaired) electrons. The number of amides is 2. The largest absolute Gasteiger partial charge is 0.399 e. The Morgan fingerprint density at radius 3 is 2.67 bits per heavy atom. The fourth-order valence-electron chi connectivity index (χ4n) is 3.14. The predicted octanol–water partition coefficient (Wildman–Crippen LogP) is 1.56. The number of nitrogens with zero attached hydrogens (tertiary/aromatic N) is 2. The molecule has 1 aromatic rings. The van der Waals surface area contributed by atoms with Crippen molar-refractivity contribution >= 4 is 23.2 Å². The minimum atomic E-state index is 0.0334. The van der Waals surface area contributed by atoms with Crippen molar-refractivity contribution in [3.05, 3.63) is 23.8 Å². The van der Waals surface area contributed by atoms with Crippen molar-refractivity contribution < 1.29 is 9.59 Å². The van der Waals surface area contributed by atoms with Gasteiger partial charge in [0.05, 0.1) is 0 Å². The van der Waals surface area contributed by atoms with E-state index in [1.807, 2.05) is 17.0 Å². The van der Waals surface area contributed by atoms with Gasteiger partial charge in [0.25, 0.3) is 0 Å². The van der Waals surface area contributed by atoms with Gasteiger partial charge < -0.3 is 15.5 Å². The summed E-state index contributed by atoms with van der Waals surface area (Å²) < 4.78 is 0. The molecule has 1 saturated heterocycles. The minimum Gasteiger partial charge on any atom is -0.399 e. The van der Waals surface area contributed by atoms with E-state index in [0.717, 1.165) is 50.0 Å². The van der Waals surface area contributed by atoms with Crippen LogP contribution in [-0.4, -0.2) is 36.3 Å². The lowest BCUT2D eigenvalue weighted by atomic mass is 10.1. The molecule has 0 spiro atoms. The number of rotatable bonds is 2. The molecular formula is C16H21N3O2. The van der Waals surface area contributed by atoms with Gasteiger partial charge in [0.1, 0.15) is 6.54 Å². The minimum absolute atomic E-state index is 0.0334. The van der Waals surface area contributed by atoms with Crippen LogP contribution in [0.5, 0.6) is 0 Å². The first-order valence-electron chi connectivity index (χ1n) is 7.62. The van der Waals surface area contributed by atoms with E-state index in [4.69, 9.17) is 5.73 Å². The zero-order valence-corrected chi connectivity index (χ0v) is 12.2. The second-order valence-corrected chi connectivity index (χ2v) is 5.81. The van der Waals surface area contributed by atoms with Gasteiger partial charge in [0.2, 0.25) is 11.8 Å². The number of likely N-dealkylation sites (tertiary alicyclic amines) is 1. The highest BCUT2D eigenvalue weighted by Gasteiger charge is 2.27. The first-order valence-corrected chi connectivity index (χ1v) is 7.62. The quantitative estimate of drug-likeness (QED) is 0.839. The van der Waals surface area contributed by atoms with Crippen LogP contribution in [0, 0.1) is 0 Å². The molecule has 0 saturated carbocycles. The number of carbonyl (C=O) groups excluding carboxylic acids is 2. The molecule has 5 heteroatoms. The fraction of sp³-hybridized carbons (Fsp3) is 0.500. The van der Waals surface area contributed by atoms with Crippen LogP contribution in [-0.2, 0) is 16.0 Å². The maximum atomic E-state index is 12.4. The Hall–Kier alpha value is -2.04. The van der Waals surface area contributed by atoms with Crippen molar-refractivity contribution in [3.63, 3.8) is 0 Å². The first-order chi connectivity index (χ1) is 10.1. The molecule has 2 amide bonds. The van der Waals surface area contributed by atoms with Gasteiger partial charge in [-0.15, -0.1) is 0 Å². The smallest absolute Gasteiger partial charge is 0.242 e. The Bertz CT molecular complexity index is 565. The summed E-state index contributed by atoms with van der Waals surface area (Å²) in [5, 5.41) is 0. The molecule has 1 aromatic carbocycles. The number of nitrogen functional groups attached to an aromatic ring is 1.